The third-order valence-corrected chi connectivity index (χ3v) is 5.17. The highest BCUT2D eigenvalue weighted by Gasteiger charge is 2.08. The number of hydrazone groups is 1. The zero-order valence-corrected chi connectivity index (χ0v) is 15.6. The number of halogens is 2. The quantitative estimate of drug-likeness (QED) is 0.604. The fourth-order valence-corrected chi connectivity index (χ4v) is 3.26. The number of carbonyl (C=O) groups excluding carboxylic acids is 1. The Balaban J connectivity index is 1.92. The zero-order chi connectivity index (χ0) is 17.2. The fraction of sp³-hybridized carbons (Fsp3) is 0.579. The number of hydrogen-bond acceptors (Lipinski definition) is 2. The van der Waals surface area contributed by atoms with Crippen LogP contribution < -0.4 is 5.43 Å². The Morgan fingerprint density at radius 2 is 1.38 bits per heavy atom. The van der Waals surface area contributed by atoms with E-state index in [0.717, 1.165) is 31.4 Å². The molecule has 0 spiro atoms. The van der Waals surface area contributed by atoms with Crippen LogP contribution in [0.5, 0.6) is 0 Å². The summed E-state index contributed by atoms with van der Waals surface area (Å²) in [5.41, 5.74) is 4.25. The Morgan fingerprint density at radius 3 is 1.92 bits per heavy atom. The lowest BCUT2D eigenvalue weighted by Gasteiger charge is -2.10. The first kappa shape index (κ1) is 19.3. The van der Waals surface area contributed by atoms with Gasteiger partial charge in [0.1, 0.15) is 0 Å². The molecular formula is C19H26Cl2N2O. The van der Waals surface area contributed by atoms with Crippen LogP contribution in [-0.2, 0) is 0 Å². The molecule has 1 N–H and O–H groups in total. The number of amides is 1. The molecule has 132 valence electrons. The van der Waals surface area contributed by atoms with E-state index in [1.165, 1.54) is 44.9 Å². The first-order valence-corrected chi connectivity index (χ1v) is 9.73. The Morgan fingerprint density at radius 1 is 0.833 bits per heavy atom. The zero-order valence-electron chi connectivity index (χ0n) is 14.1. The maximum Gasteiger partial charge on any atom is 0.271 e. The molecule has 1 fully saturated rings. The van der Waals surface area contributed by atoms with Crippen LogP contribution in [0.3, 0.4) is 0 Å². The van der Waals surface area contributed by atoms with Gasteiger partial charge >= 0.3 is 0 Å². The lowest BCUT2D eigenvalue weighted by atomic mass is 10.00. The highest BCUT2D eigenvalue weighted by molar-refractivity contribution is 6.42. The topological polar surface area (TPSA) is 41.5 Å². The number of carbonyl (C=O) groups is 1. The molecule has 1 saturated carbocycles. The van der Waals surface area contributed by atoms with E-state index in [0.29, 0.717) is 15.6 Å². The Kier molecular flexibility index (Phi) is 8.62. The van der Waals surface area contributed by atoms with Gasteiger partial charge in [0.05, 0.1) is 10.0 Å². The molecule has 5 heteroatoms. The molecule has 24 heavy (non-hydrogen) atoms. The molecule has 0 aliphatic heterocycles. The second kappa shape index (κ2) is 10.7. The molecule has 1 amide bonds. The van der Waals surface area contributed by atoms with Gasteiger partial charge in [0.2, 0.25) is 0 Å². The molecule has 1 aliphatic carbocycles. The molecule has 0 saturated heterocycles. The van der Waals surface area contributed by atoms with Crippen molar-refractivity contribution in [3.8, 4) is 0 Å². The summed E-state index contributed by atoms with van der Waals surface area (Å²) in [6, 6.07) is 4.85. The third-order valence-electron chi connectivity index (χ3n) is 4.43. The molecule has 2 rings (SSSR count). The minimum absolute atomic E-state index is 0.243. The van der Waals surface area contributed by atoms with Crippen molar-refractivity contribution in [2.75, 3.05) is 0 Å². The first-order valence-electron chi connectivity index (χ1n) is 8.97. The number of nitrogens with zero attached hydrogens (tertiary/aromatic N) is 1. The van der Waals surface area contributed by atoms with Crippen LogP contribution in [0.2, 0.25) is 10.0 Å². The maximum absolute atomic E-state index is 12.2. The van der Waals surface area contributed by atoms with Crippen molar-refractivity contribution in [2.45, 2.75) is 70.6 Å². The molecule has 1 aliphatic rings. The van der Waals surface area contributed by atoms with Crippen molar-refractivity contribution in [1.29, 1.82) is 0 Å². The summed E-state index contributed by atoms with van der Waals surface area (Å²) in [5, 5.41) is 5.20. The molecule has 1 aromatic carbocycles. The minimum atomic E-state index is -0.243. The number of rotatable bonds is 2. The van der Waals surface area contributed by atoms with E-state index in [1.54, 1.807) is 18.2 Å². The van der Waals surface area contributed by atoms with E-state index in [9.17, 15) is 4.79 Å². The van der Waals surface area contributed by atoms with E-state index in [4.69, 9.17) is 23.2 Å². The Hall–Kier alpha value is -1.06. The van der Waals surface area contributed by atoms with Gasteiger partial charge in [-0.15, -0.1) is 0 Å². The lowest BCUT2D eigenvalue weighted by Crippen LogP contribution is -2.20. The molecule has 0 radical (unpaired) electrons. The van der Waals surface area contributed by atoms with Crippen LogP contribution in [0.25, 0.3) is 0 Å². The summed E-state index contributed by atoms with van der Waals surface area (Å²) < 4.78 is 0. The molecule has 0 aromatic heterocycles. The summed E-state index contributed by atoms with van der Waals surface area (Å²) in [7, 11) is 0. The summed E-state index contributed by atoms with van der Waals surface area (Å²) in [6.07, 6.45) is 13.4. The Labute approximate surface area is 154 Å². The van der Waals surface area contributed by atoms with Crippen LogP contribution in [0, 0.1) is 0 Å². The van der Waals surface area contributed by atoms with Gasteiger partial charge in [0, 0.05) is 11.3 Å². The average molecular weight is 369 g/mol. The number of hydrogen-bond donors (Lipinski definition) is 1. The van der Waals surface area contributed by atoms with E-state index in [2.05, 4.69) is 10.5 Å². The highest BCUT2D eigenvalue weighted by Crippen LogP contribution is 2.22. The molecule has 0 bridgehead atoms. The summed E-state index contributed by atoms with van der Waals surface area (Å²) in [6.45, 7) is 0. The summed E-state index contributed by atoms with van der Waals surface area (Å²) in [5.74, 6) is -0.243. The third kappa shape index (κ3) is 6.82. The molecule has 0 atom stereocenters. The van der Waals surface area contributed by atoms with Crippen molar-refractivity contribution in [2.24, 2.45) is 5.10 Å². The van der Waals surface area contributed by atoms with Crippen molar-refractivity contribution in [3.63, 3.8) is 0 Å². The van der Waals surface area contributed by atoms with E-state index >= 15 is 0 Å². The molecule has 1 aromatic rings. The predicted octanol–water partition coefficient (Wildman–Crippen LogP) is 6.38. The second-order valence-electron chi connectivity index (χ2n) is 6.43. The largest absolute Gasteiger partial charge is 0.271 e. The predicted molar refractivity (Wildman–Crippen MR) is 102 cm³/mol. The molecule has 0 heterocycles. The van der Waals surface area contributed by atoms with Gasteiger partial charge in [0.25, 0.3) is 5.91 Å². The SMILES string of the molecule is O=C(NN=C1CCCCCCCCCCC1)c1ccc(Cl)c(Cl)c1. The fourth-order valence-electron chi connectivity index (χ4n) is 2.96. The monoisotopic (exact) mass is 368 g/mol. The minimum Gasteiger partial charge on any atom is -0.267 e. The van der Waals surface area contributed by atoms with Crippen molar-refractivity contribution >= 4 is 34.8 Å². The smallest absolute Gasteiger partial charge is 0.267 e. The number of nitrogens with one attached hydrogen (secondary N) is 1. The van der Waals surface area contributed by atoms with Crippen LogP contribution >= 0.6 is 23.2 Å². The summed E-state index contributed by atoms with van der Waals surface area (Å²) >= 11 is 11.8. The molecule has 3 nitrogen and oxygen atoms in total. The first-order chi connectivity index (χ1) is 11.7. The number of benzene rings is 1. The highest BCUT2D eigenvalue weighted by atomic mass is 35.5. The van der Waals surface area contributed by atoms with Crippen molar-refractivity contribution in [3.05, 3.63) is 33.8 Å². The average Bonchev–Trinajstić information content (AvgIpc) is 2.56. The van der Waals surface area contributed by atoms with Gasteiger partial charge in [-0.3, -0.25) is 4.79 Å². The van der Waals surface area contributed by atoms with Crippen LogP contribution in [0.1, 0.15) is 81.0 Å². The van der Waals surface area contributed by atoms with Gasteiger partial charge in [-0.05, 0) is 43.9 Å². The van der Waals surface area contributed by atoms with Crippen molar-refractivity contribution in [1.82, 2.24) is 5.43 Å². The van der Waals surface area contributed by atoms with Crippen LogP contribution in [-0.4, -0.2) is 11.6 Å². The van der Waals surface area contributed by atoms with Gasteiger partial charge in [-0.1, -0.05) is 68.1 Å². The summed E-state index contributed by atoms with van der Waals surface area (Å²) in [4.78, 5) is 12.2. The van der Waals surface area contributed by atoms with Crippen molar-refractivity contribution < 1.29 is 4.79 Å². The van der Waals surface area contributed by atoms with Gasteiger partial charge in [-0.25, -0.2) is 5.43 Å². The standard InChI is InChI=1S/C19H26Cl2N2O/c20-17-13-12-15(14-18(17)21)19(24)23-22-16-10-8-6-4-2-1-3-5-7-9-11-16/h12-14H,1-11H2,(H,23,24). The lowest BCUT2D eigenvalue weighted by molar-refractivity contribution is 0.0954. The van der Waals surface area contributed by atoms with Gasteiger partial charge < -0.3 is 0 Å². The molecular weight excluding hydrogens is 343 g/mol. The second-order valence-corrected chi connectivity index (χ2v) is 7.24. The van der Waals surface area contributed by atoms with Gasteiger partial charge in [0.15, 0.2) is 0 Å². The van der Waals surface area contributed by atoms with E-state index < -0.39 is 0 Å². The normalized spacial score (nSPS) is 17.5. The Bertz CT molecular complexity index is 558. The molecule has 0 unspecified atom stereocenters. The van der Waals surface area contributed by atoms with Crippen LogP contribution in [0.15, 0.2) is 23.3 Å². The van der Waals surface area contributed by atoms with E-state index in [1.807, 2.05) is 0 Å². The van der Waals surface area contributed by atoms with Gasteiger partial charge in [-0.2, -0.15) is 5.10 Å². The van der Waals surface area contributed by atoms with E-state index in [-0.39, 0.29) is 5.91 Å². The van der Waals surface area contributed by atoms with Crippen LogP contribution in [0.4, 0.5) is 0 Å². The maximum atomic E-state index is 12.2.